The second kappa shape index (κ2) is 14.3. The van der Waals surface area contributed by atoms with Crippen LogP contribution in [0.5, 0.6) is 0 Å². The average Bonchev–Trinajstić information content (AvgIpc) is 1.69. The minimum absolute atomic E-state index is 0.500. The average molecular weight is 813 g/mol. The summed E-state index contributed by atoms with van der Waals surface area (Å²) in [6, 6.07) is -37.5. The maximum Gasteiger partial charge on any atom is 0.143 e. The first kappa shape index (κ1) is 14.3. The molecule has 0 amide bonds. The van der Waals surface area contributed by atoms with Gasteiger partial charge in [0.1, 0.15) is 11.5 Å². The molecule has 0 fully saturated rings. The molecular formula is C58H36N2O. The molecule has 3 heteroatoms. The Kier molecular flexibility index (Phi) is 3.34. The maximum atomic E-state index is 10.0. The van der Waals surface area contributed by atoms with Crippen molar-refractivity contribution in [1.29, 1.82) is 0 Å². The van der Waals surface area contributed by atoms with Gasteiger partial charge in [-0.25, -0.2) is 4.98 Å². The molecule has 61 heavy (non-hydrogen) atoms. The summed E-state index contributed by atoms with van der Waals surface area (Å²) in [5.41, 5.74) is -11.2. The van der Waals surface area contributed by atoms with Crippen LogP contribution in [-0.2, 0) is 0 Å². The van der Waals surface area contributed by atoms with Crippen LogP contribution < -0.4 is 0 Å². The molecule has 9 aromatic carbocycles. The Labute approximate surface area is 403 Å². The van der Waals surface area contributed by atoms with Gasteiger partial charge in [-0.3, -0.25) is 4.98 Å². The fourth-order valence-corrected chi connectivity index (χ4v) is 6.94. The fraction of sp³-hybridized carbons (Fsp3) is 0. The number of benzene rings is 9. The van der Waals surface area contributed by atoms with Crippen LogP contribution in [0.2, 0.25) is 0 Å². The molecule has 0 unspecified atom stereocenters. The van der Waals surface area contributed by atoms with Crippen LogP contribution >= 0.6 is 0 Å². The Hall–Kier alpha value is -8.14. The van der Waals surface area contributed by atoms with Gasteiger partial charge in [0.15, 0.2) is 0 Å². The normalized spacial score (nSPS) is 19.9. The lowest BCUT2D eigenvalue weighted by Crippen LogP contribution is -1.91. The SMILES string of the molecule is [2H]c1nc2c(c([2H])c1[2H])c([2H])c([2H])c1c([2H])c([2H])c(-c3c([2H])c([2H])c(-c4c([2H])c([2H])c(-c5c(-c6c([2H])c([2H])c([2H])c([2H])c6[2H])oc(-c6c([2H])c7c([2H])c([2H])c([2H])c([2H])c7c7c([2H])c([2H])c([2H])c([2H])c67)c5-c5c([2H])c([2H])c([2H])c([2H])c5[2H])c([2H])c4[2H])c4c([2H])c([2H])c([2H])c([2H])c34)nc12. The third kappa shape index (κ3) is 5.82. The first-order valence-electron chi connectivity index (χ1n) is 35.8. The van der Waals surface area contributed by atoms with E-state index < -0.39 is 339 Å². The largest absolute Gasteiger partial charge is 0.455 e. The van der Waals surface area contributed by atoms with Crippen LogP contribution in [-0.4, -0.2) is 9.97 Å². The molecule has 0 atom stereocenters. The standard InChI is InChI=1S/C58H36N2O/c1-3-14-38(15-4-1)54-53(57(42-16-5-2-6-17-42)61-58(54)51-36-43-18-7-8-20-44(43)46-21-10-12-24-49(46)51)39-27-25-37(26-28-39)45-32-33-50(48-23-11-9-22-47(45)48)52-34-31-41-30-29-40-19-13-35-59-55(40)56(41)60-52/h1-36H/i1D,2D,3D,4D,5D,6D,7D,8D,9D,10D,11D,12D,13D,14D,15D,16D,17D,18D,19D,20D,21D,22D,23D,24D,25D,26D,27D,28D,29D,30D,31D,32D,33D,34D,35D,36D. The van der Waals surface area contributed by atoms with Crippen LogP contribution in [0.25, 0.3) is 121 Å². The van der Waals surface area contributed by atoms with Crippen LogP contribution in [0.1, 0.15) is 49.3 Å². The van der Waals surface area contributed by atoms with Crippen LogP contribution in [0.4, 0.5) is 0 Å². The van der Waals surface area contributed by atoms with E-state index in [-0.39, 0.29) is 0 Å². The van der Waals surface area contributed by atoms with Crippen molar-refractivity contribution in [3.8, 4) is 67.3 Å². The van der Waals surface area contributed by atoms with Crippen molar-refractivity contribution >= 4 is 54.1 Å². The molecule has 284 valence electrons. The molecule has 3 nitrogen and oxygen atoms in total. The van der Waals surface area contributed by atoms with E-state index in [4.69, 9.17) is 31.8 Å². The summed E-state index contributed by atoms with van der Waals surface area (Å²) in [7, 11) is 0. The molecule has 0 saturated heterocycles. The van der Waals surface area contributed by atoms with Gasteiger partial charge in [-0.05, 0) is 72.7 Å². The number of pyridine rings is 2. The van der Waals surface area contributed by atoms with E-state index in [1.807, 2.05) is 0 Å². The number of furan rings is 1. The molecule has 0 N–H and O–H groups in total. The van der Waals surface area contributed by atoms with Gasteiger partial charge in [-0.15, -0.1) is 0 Å². The summed E-state index contributed by atoms with van der Waals surface area (Å²) in [4.78, 5) is 8.46. The lowest BCUT2D eigenvalue weighted by Gasteiger charge is -2.14. The zero-order valence-electron chi connectivity index (χ0n) is 66.3. The number of nitrogens with zero attached hydrogens (tertiary/aromatic N) is 2. The van der Waals surface area contributed by atoms with Gasteiger partial charge in [-0.2, -0.15) is 0 Å². The highest BCUT2D eigenvalue weighted by atomic mass is 16.3. The molecule has 0 radical (unpaired) electrons. The van der Waals surface area contributed by atoms with Gasteiger partial charge in [0.2, 0.25) is 0 Å². The summed E-state index contributed by atoms with van der Waals surface area (Å²) < 4.78 is 335. The number of fused-ring (bicyclic) bond motifs is 7. The maximum absolute atomic E-state index is 10.0. The van der Waals surface area contributed by atoms with E-state index in [2.05, 4.69) is 9.97 Å². The number of hydrogen-bond acceptors (Lipinski definition) is 3. The van der Waals surface area contributed by atoms with E-state index in [0.717, 1.165) is 0 Å². The van der Waals surface area contributed by atoms with Crippen molar-refractivity contribution in [2.45, 2.75) is 0 Å². The molecule has 3 aromatic heterocycles. The molecule has 3 heterocycles. The topological polar surface area (TPSA) is 38.9 Å². The van der Waals surface area contributed by atoms with Gasteiger partial charge < -0.3 is 4.42 Å². The molecule has 0 saturated carbocycles. The van der Waals surface area contributed by atoms with Gasteiger partial charge >= 0.3 is 0 Å². The summed E-state index contributed by atoms with van der Waals surface area (Å²) in [6.07, 6.45) is -0.825. The monoisotopic (exact) mass is 813 g/mol. The van der Waals surface area contributed by atoms with Crippen LogP contribution in [0.3, 0.4) is 0 Å². The van der Waals surface area contributed by atoms with Crippen LogP contribution in [0, 0.1) is 0 Å². The molecule has 0 bridgehead atoms. The van der Waals surface area contributed by atoms with E-state index in [9.17, 15) is 21.9 Å². The highest BCUT2D eigenvalue weighted by Crippen LogP contribution is 2.51. The Morgan fingerprint density at radius 2 is 0.869 bits per heavy atom. The minimum Gasteiger partial charge on any atom is -0.455 e. The second-order valence-corrected chi connectivity index (χ2v) is 12.9. The van der Waals surface area contributed by atoms with E-state index >= 15 is 0 Å². The van der Waals surface area contributed by atoms with Gasteiger partial charge in [0.25, 0.3) is 0 Å². The predicted molar refractivity (Wildman–Crippen MR) is 254 cm³/mol. The first-order valence-corrected chi connectivity index (χ1v) is 17.8. The van der Waals surface area contributed by atoms with Crippen molar-refractivity contribution in [3.63, 3.8) is 0 Å². The molecule has 0 aliphatic heterocycles. The first-order chi connectivity index (χ1) is 45.2. The minimum atomic E-state index is -1.36. The van der Waals surface area contributed by atoms with Crippen molar-refractivity contribution in [1.82, 2.24) is 9.97 Å². The Bertz CT molecular complexity index is 5700. The fourth-order valence-electron chi connectivity index (χ4n) is 6.94. The third-order valence-electron chi connectivity index (χ3n) is 9.55. The van der Waals surface area contributed by atoms with Gasteiger partial charge in [0.05, 0.1) is 66.1 Å². The highest BCUT2D eigenvalue weighted by molar-refractivity contribution is 6.16. The van der Waals surface area contributed by atoms with Crippen LogP contribution in [0.15, 0.2) is 222 Å². The van der Waals surface area contributed by atoms with Crippen molar-refractivity contribution in [2.24, 2.45) is 0 Å². The molecule has 12 rings (SSSR count). The Morgan fingerprint density at radius 3 is 1.62 bits per heavy atom. The number of hydrogen-bond donors (Lipinski definition) is 0. The molecule has 0 spiro atoms. The molecule has 0 aliphatic rings. The lowest BCUT2D eigenvalue weighted by atomic mass is 9.88. The van der Waals surface area contributed by atoms with Crippen molar-refractivity contribution in [3.05, 3.63) is 218 Å². The Balaban J connectivity index is 1.30. The summed E-state index contributed by atoms with van der Waals surface area (Å²) in [5, 5.41) is -5.78. The number of aromatic nitrogens is 2. The molecule has 12 aromatic rings. The van der Waals surface area contributed by atoms with Crippen molar-refractivity contribution < 1.29 is 53.8 Å². The smallest absolute Gasteiger partial charge is 0.143 e. The van der Waals surface area contributed by atoms with Gasteiger partial charge in [-0.1, -0.05) is 193 Å². The Morgan fingerprint density at radius 1 is 0.344 bits per heavy atom. The summed E-state index contributed by atoms with van der Waals surface area (Å²) >= 11 is 0. The quantitative estimate of drug-likeness (QED) is 0.157. The van der Waals surface area contributed by atoms with E-state index in [1.165, 1.54) is 0 Å². The van der Waals surface area contributed by atoms with Gasteiger partial charge in [0, 0.05) is 44.8 Å². The van der Waals surface area contributed by atoms with E-state index in [0.29, 0.717) is 0 Å². The molecule has 0 aliphatic carbocycles. The molecular weight excluding hydrogens is 741 g/mol. The zero-order valence-corrected chi connectivity index (χ0v) is 30.3. The second-order valence-electron chi connectivity index (χ2n) is 12.9. The third-order valence-corrected chi connectivity index (χ3v) is 9.55. The van der Waals surface area contributed by atoms with E-state index in [1.54, 1.807) is 0 Å². The number of rotatable bonds is 6. The van der Waals surface area contributed by atoms with Crippen molar-refractivity contribution in [2.75, 3.05) is 0 Å². The summed E-state index contributed by atoms with van der Waals surface area (Å²) in [6.45, 7) is 0. The lowest BCUT2D eigenvalue weighted by molar-refractivity contribution is 0.599. The highest BCUT2D eigenvalue weighted by Gasteiger charge is 2.27. The zero-order chi connectivity index (χ0) is 71.6. The summed E-state index contributed by atoms with van der Waals surface area (Å²) in [5.74, 6) is -2.30. The predicted octanol–water partition coefficient (Wildman–Crippen LogP) is 15.8.